The third-order valence-electron chi connectivity index (χ3n) is 3.80. The molecule has 0 amide bonds. The summed E-state index contributed by atoms with van der Waals surface area (Å²) in [6, 6.07) is 10.7. The Bertz CT molecular complexity index is 313. The van der Waals surface area contributed by atoms with Crippen molar-refractivity contribution in [3.05, 3.63) is 35.9 Å². The molecule has 1 heterocycles. The van der Waals surface area contributed by atoms with Crippen molar-refractivity contribution >= 4 is 0 Å². The van der Waals surface area contributed by atoms with Crippen molar-refractivity contribution in [2.75, 3.05) is 19.6 Å². The molecule has 1 aliphatic heterocycles. The van der Waals surface area contributed by atoms with Gasteiger partial charge < -0.3 is 5.73 Å². The first-order valence-electron chi connectivity index (χ1n) is 6.18. The molecule has 0 bridgehead atoms. The van der Waals surface area contributed by atoms with E-state index in [2.05, 4.69) is 42.2 Å². The minimum Gasteiger partial charge on any atom is -0.330 e. The van der Waals surface area contributed by atoms with Crippen LogP contribution in [0.1, 0.15) is 25.3 Å². The van der Waals surface area contributed by atoms with E-state index in [0.29, 0.717) is 5.41 Å². The molecule has 16 heavy (non-hydrogen) atoms. The van der Waals surface area contributed by atoms with Crippen molar-refractivity contribution in [2.24, 2.45) is 11.1 Å². The van der Waals surface area contributed by atoms with Crippen molar-refractivity contribution in [3.63, 3.8) is 0 Å². The zero-order valence-corrected chi connectivity index (χ0v) is 10.2. The van der Waals surface area contributed by atoms with Crippen LogP contribution in [-0.4, -0.2) is 24.5 Å². The first kappa shape index (κ1) is 11.6. The normalized spacial score (nSPS) is 20.9. The zero-order valence-electron chi connectivity index (χ0n) is 10.2. The highest BCUT2D eigenvalue weighted by Gasteiger charge is 2.28. The standard InChI is InChI=1S/C14H22N2/c1-14(12-15)7-9-16(10-8-14)11-13-5-3-2-4-6-13/h2-6H,7-12,15H2,1H3. The molecule has 1 saturated heterocycles. The largest absolute Gasteiger partial charge is 0.330 e. The number of nitrogens with zero attached hydrogens (tertiary/aromatic N) is 1. The van der Waals surface area contributed by atoms with Crippen LogP contribution in [0.2, 0.25) is 0 Å². The van der Waals surface area contributed by atoms with E-state index in [4.69, 9.17) is 5.73 Å². The number of likely N-dealkylation sites (tertiary alicyclic amines) is 1. The van der Waals surface area contributed by atoms with E-state index in [1.165, 1.54) is 31.5 Å². The van der Waals surface area contributed by atoms with Crippen molar-refractivity contribution in [3.8, 4) is 0 Å². The predicted octanol–water partition coefficient (Wildman–Crippen LogP) is 2.25. The molecule has 1 fully saturated rings. The molecule has 0 aromatic heterocycles. The van der Waals surface area contributed by atoms with E-state index in [0.717, 1.165) is 13.1 Å². The first-order valence-corrected chi connectivity index (χ1v) is 6.18. The van der Waals surface area contributed by atoms with Gasteiger partial charge in [-0.1, -0.05) is 37.3 Å². The van der Waals surface area contributed by atoms with Gasteiger partial charge in [-0.2, -0.15) is 0 Å². The van der Waals surface area contributed by atoms with Crippen LogP contribution in [0.15, 0.2) is 30.3 Å². The van der Waals surface area contributed by atoms with Crippen LogP contribution in [0.3, 0.4) is 0 Å². The van der Waals surface area contributed by atoms with Gasteiger partial charge in [0.05, 0.1) is 0 Å². The highest BCUT2D eigenvalue weighted by molar-refractivity contribution is 5.14. The highest BCUT2D eigenvalue weighted by atomic mass is 15.1. The van der Waals surface area contributed by atoms with E-state index in [9.17, 15) is 0 Å². The van der Waals surface area contributed by atoms with Gasteiger partial charge in [-0.25, -0.2) is 0 Å². The SMILES string of the molecule is CC1(CN)CCN(Cc2ccccc2)CC1. The Morgan fingerprint density at radius 1 is 1.19 bits per heavy atom. The van der Waals surface area contributed by atoms with Gasteiger partial charge in [-0.05, 0) is 43.5 Å². The molecule has 0 unspecified atom stereocenters. The van der Waals surface area contributed by atoms with Gasteiger partial charge in [0.1, 0.15) is 0 Å². The monoisotopic (exact) mass is 218 g/mol. The average Bonchev–Trinajstić information content (AvgIpc) is 2.34. The van der Waals surface area contributed by atoms with Crippen LogP contribution in [0.25, 0.3) is 0 Å². The second kappa shape index (κ2) is 4.98. The molecule has 1 aromatic carbocycles. The fraction of sp³-hybridized carbons (Fsp3) is 0.571. The predicted molar refractivity (Wildman–Crippen MR) is 68.1 cm³/mol. The van der Waals surface area contributed by atoms with Gasteiger partial charge in [0.25, 0.3) is 0 Å². The maximum absolute atomic E-state index is 5.82. The fourth-order valence-corrected chi connectivity index (χ4v) is 2.30. The molecular weight excluding hydrogens is 196 g/mol. The highest BCUT2D eigenvalue weighted by Crippen LogP contribution is 2.29. The second-order valence-corrected chi connectivity index (χ2v) is 5.28. The Balaban J connectivity index is 1.86. The summed E-state index contributed by atoms with van der Waals surface area (Å²) in [5, 5.41) is 0. The zero-order chi connectivity index (χ0) is 11.4. The molecule has 2 nitrogen and oxygen atoms in total. The van der Waals surface area contributed by atoms with E-state index >= 15 is 0 Å². The summed E-state index contributed by atoms with van der Waals surface area (Å²) < 4.78 is 0. The summed E-state index contributed by atoms with van der Waals surface area (Å²) in [7, 11) is 0. The lowest BCUT2D eigenvalue weighted by molar-refractivity contribution is 0.119. The van der Waals surface area contributed by atoms with Gasteiger partial charge >= 0.3 is 0 Å². The van der Waals surface area contributed by atoms with Gasteiger partial charge in [0, 0.05) is 6.54 Å². The minimum absolute atomic E-state index is 0.382. The summed E-state index contributed by atoms with van der Waals surface area (Å²) >= 11 is 0. The Labute approximate surface area is 98.4 Å². The van der Waals surface area contributed by atoms with Crippen LogP contribution in [0, 0.1) is 5.41 Å². The number of piperidine rings is 1. The maximum Gasteiger partial charge on any atom is 0.0233 e. The number of hydrogen-bond acceptors (Lipinski definition) is 2. The second-order valence-electron chi connectivity index (χ2n) is 5.28. The number of nitrogens with two attached hydrogens (primary N) is 1. The molecule has 0 aliphatic carbocycles. The van der Waals surface area contributed by atoms with Crippen molar-refractivity contribution in [2.45, 2.75) is 26.3 Å². The van der Waals surface area contributed by atoms with Crippen LogP contribution in [-0.2, 0) is 6.54 Å². The molecule has 0 radical (unpaired) electrons. The molecule has 88 valence electrons. The molecule has 0 atom stereocenters. The van der Waals surface area contributed by atoms with E-state index in [1.54, 1.807) is 0 Å². The Hall–Kier alpha value is -0.860. The number of rotatable bonds is 3. The third kappa shape index (κ3) is 2.83. The molecule has 0 spiro atoms. The smallest absolute Gasteiger partial charge is 0.0233 e. The topological polar surface area (TPSA) is 29.3 Å². The van der Waals surface area contributed by atoms with Crippen LogP contribution in [0.5, 0.6) is 0 Å². The summed E-state index contributed by atoms with van der Waals surface area (Å²) in [6.07, 6.45) is 2.46. The quantitative estimate of drug-likeness (QED) is 0.843. The Kier molecular flexibility index (Phi) is 3.62. The molecule has 2 heteroatoms. The van der Waals surface area contributed by atoms with E-state index in [1.807, 2.05) is 0 Å². The lowest BCUT2D eigenvalue weighted by Crippen LogP contribution is -2.41. The molecule has 0 saturated carbocycles. The average molecular weight is 218 g/mol. The lowest BCUT2D eigenvalue weighted by atomic mass is 9.80. The van der Waals surface area contributed by atoms with Gasteiger partial charge in [0.15, 0.2) is 0 Å². The van der Waals surface area contributed by atoms with Crippen LogP contribution >= 0.6 is 0 Å². The number of hydrogen-bond donors (Lipinski definition) is 1. The third-order valence-corrected chi connectivity index (χ3v) is 3.80. The van der Waals surface area contributed by atoms with E-state index < -0.39 is 0 Å². The van der Waals surface area contributed by atoms with Crippen molar-refractivity contribution in [1.82, 2.24) is 4.90 Å². The maximum atomic E-state index is 5.82. The summed E-state index contributed by atoms with van der Waals surface area (Å²) in [5.41, 5.74) is 7.61. The molecular formula is C14H22N2. The molecule has 1 aliphatic rings. The molecule has 1 aromatic rings. The minimum atomic E-state index is 0.382. The fourth-order valence-electron chi connectivity index (χ4n) is 2.30. The number of benzene rings is 1. The van der Waals surface area contributed by atoms with Gasteiger partial charge in [-0.15, -0.1) is 0 Å². The lowest BCUT2D eigenvalue weighted by Gasteiger charge is -2.38. The summed E-state index contributed by atoms with van der Waals surface area (Å²) in [6.45, 7) is 6.59. The molecule has 2 N–H and O–H groups in total. The Morgan fingerprint density at radius 2 is 1.81 bits per heavy atom. The molecule has 2 rings (SSSR count). The van der Waals surface area contributed by atoms with Crippen molar-refractivity contribution in [1.29, 1.82) is 0 Å². The van der Waals surface area contributed by atoms with Crippen molar-refractivity contribution < 1.29 is 0 Å². The summed E-state index contributed by atoms with van der Waals surface area (Å²) in [5.74, 6) is 0. The van der Waals surface area contributed by atoms with Crippen LogP contribution < -0.4 is 5.73 Å². The summed E-state index contributed by atoms with van der Waals surface area (Å²) in [4.78, 5) is 2.53. The first-order chi connectivity index (χ1) is 7.72. The van der Waals surface area contributed by atoms with Gasteiger partial charge in [-0.3, -0.25) is 4.90 Å². The van der Waals surface area contributed by atoms with Crippen LogP contribution in [0.4, 0.5) is 0 Å². The van der Waals surface area contributed by atoms with E-state index in [-0.39, 0.29) is 0 Å². The van der Waals surface area contributed by atoms with Gasteiger partial charge in [0.2, 0.25) is 0 Å². The Morgan fingerprint density at radius 3 is 2.38 bits per heavy atom.